The Morgan fingerprint density at radius 1 is 1.00 bits per heavy atom. The van der Waals surface area contributed by atoms with Gasteiger partial charge in [0, 0.05) is 5.75 Å². The summed E-state index contributed by atoms with van der Waals surface area (Å²) in [4.78, 5) is 11.7. The topological polar surface area (TPSA) is 46.5 Å². The molecule has 3 nitrogen and oxygen atoms in total. The highest BCUT2D eigenvalue weighted by Gasteiger charge is 2.06. The zero-order chi connectivity index (χ0) is 18.5. The van der Waals surface area contributed by atoms with Gasteiger partial charge < -0.3 is 9.84 Å². The molecule has 0 radical (unpaired) electrons. The standard InChI is InChI=1S/C21H34O3S/c1-4-5-6-7-8-9-10-11-12-24-20(22)16-25-15-19-13-17(2)21(23)18(3)14-19/h13-14,23H,4-12,15-16H2,1-3H3. The Bertz CT molecular complexity index is 491. The molecular weight excluding hydrogens is 332 g/mol. The van der Waals surface area contributed by atoms with Gasteiger partial charge in [0.25, 0.3) is 0 Å². The summed E-state index contributed by atoms with van der Waals surface area (Å²) in [6.07, 6.45) is 9.99. The van der Waals surface area contributed by atoms with Crippen LogP contribution in [0.15, 0.2) is 12.1 Å². The predicted octanol–water partition coefficient (Wildman–Crippen LogP) is 5.93. The molecule has 0 fully saturated rings. The number of aromatic hydroxyl groups is 1. The third-order valence-electron chi connectivity index (χ3n) is 4.30. The first-order valence-electron chi connectivity index (χ1n) is 9.57. The lowest BCUT2D eigenvalue weighted by molar-refractivity contribution is -0.140. The van der Waals surface area contributed by atoms with Crippen molar-refractivity contribution in [3.8, 4) is 5.75 Å². The third kappa shape index (κ3) is 9.78. The molecule has 142 valence electrons. The molecule has 1 N–H and O–H groups in total. The van der Waals surface area contributed by atoms with Gasteiger partial charge in [0.15, 0.2) is 0 Å². The lowest BCUT2D eigenvalue weighted by Crippen LogP contribution is -2.08. The van der Waals surface area contributed by atoms with Crippen LogP contribution in [0, 0.1) is 13.8 Å². The van der Waals surface area contributed by atoms with Crippen LogP contribution in [0.25, 0.3) is 0 Å². The molecule has 0 aliphatic heterocycles. The van der Waals surface area contributed by atoms with Gasteiger partial charge in [0.2, 0.25) is 0 Å². The molecule has 0 atom stereocenters. The van der Waals surface area contributed by atoms with Gasteiger partial charge in [-0.2, -0.15) is 0 Å². The maximum atomic E-state index is 11.7. The van der Waals surface area contributed by atoms with Crippen LogP contribution >= 0.6 is 11.8 Å². The molecule has 1 aromatic carbocycles. The molecule has 0 bridgehead atoms. The average Bonchev–Trinajstić information content (AvgIpc) is 2.58. The first kappa shape index (κ1) is 21.9. The van der Waals surface area contributed by atoms with Gasteiger partial charge in [-0.15, -0.1) is 11.8 Å². The predicted molar refractivity (Wildman–Crippen MR) is 107 cm³/mol. The number of ether oxygens (including phenoxy) is 1. The molecule has 0 saturated carbocycles. The van der Waals surface area contributed by atoms with E-state index in [1.165, 1.54) is 38.5 Å². The largest absolute Gasteiger partial charge is 0.507 e. The van der Waals surface area contributed by atoms with E-state index in [0.29, 0.717) is 18.1 Å². The van der Waals surface area contributed by atoms with Gasteiger partial charge >= 0.3 is 5.97 Å². The molecule has 0 amide bonds. The quantitative estimate of drug-likeness (QED) is 0.347. The number of rotatable bonds is 13. The summed E-state index contributed by atoms with van der Waals surface area (Å²) >= 11 is 1.56. The van der Waals surface area contributed by atoms with Gasteiger partial charge in [0.05, 0.1) is 12.4 Å². The van der Waals surface area contributed by atoms with Crippen molar-refractivity contribution in [1.29, 1.82) is 0 Å². The summed E-state index contributed by atoms with van der Waals surface area (Å²) in [5, 5.41) is 9.78. The van der Waals surface area contributed by atoms with Crippen molar-refractivity contribution in [2.24, 2.45) is 0 Å². The summed E-state index contributed by atoms with van der Waals surface area (Å²) in [6, 6.07) is 3.95. The second-order valence-electron chi connectivity index (χ2n) is 6.77. The monoisotopic (exact) mass is 366 g/mol. The molecule has 0 aromatic heterocycles. The van der Waals surface area contributed by atoms with E-state index in [0.717, 1.165) is 35.3 Å². The van der Waals surface area contributed by atoms with E-state index < -0.39 is 0 Å². The molecule has 1 aromatic rings. The highest BCUT2D eigenvalue weighted by Crippen LogP contribution is 2.25. The smallest absolute Gasteiger partial charge is 0.315 e. The summed E-state index contributed by atoms with van der Waals surface area (Å²) in [6.45, 7) is 6.58. The number of phenols is 1. The number of unbranched alkanes of at least 4 members (excludes halogenated alkanes) is 7. The summed E-state index contributed by atoms with van der Waals surface area (Å²) < 4.78 is 5.29. The Kier molecular flexibility index (Phi) is 11.5. The molecule has 0 spiro atoms. The van der Waals surface area contributed by atoms with Gasteiger partial charge in [-0.05, 0) is 37.0 Å². The fraction of sp³-hybridized carbons (Fsp3) is 0.667. The minimum atomic E-state index is -0.125. The zero-order valence-electron chi connectivity index (χ0n) is 16.1. The zero-order valence-corrected chi connectivity index (χ0v) is 16.9. The van der Waals surface area contributed by atoms with Crippen molar-refractivity contribution < 1.29 is 14.6 Å². The molecule has 1 rings (SSSR count). The highest BCUT2D eigenvalue weighted by molar-refractivity contribution is 7.99. The first-order chi connectivity index (χ1) is 12.0. The van der Waals surface area contributed by atoms with Crippen LogP contribution < -0.4 is 0 Å². The number of carbonyl (C=O) groups is 1. The van der Waals surface area contributed by atoms with Crippen molar-refractivity contribution in [3.05, 3.63) is 28.8 Å². The molecule has 25 heavy (non-hydrogen) atoms. The minimum absolute atomic E-state index is 0.125. The van der Waals surface area contributed by atoms with Gasteiger partial charge in [-0.1, -0.05) is 64.0 Å². The van der Waals surface area contributed by atoms with Crippen LogP contribution in [0.4, 0.5) is 0 Å². The molecule has 0 saturated heterocycles. The van der Waals surface area contributed by atoms with E-state index in [9.17, 15) is 9.90 Å². The van der Waals surface area contributed by atoms with E-state index in [4.69, 9.17) is 4.74 Å². The lowest BCUT2D eigenvalue weighted by atomic mass is 10.1. The van der Waals surface area contributed by atoms with Crippen LogP contribution in [0.3, 0.4) is 0 Å². The molecule has 0 aliphatic rings. The first-order valence-corrected chi connectivity index (χ1v) is 10.7. The SMILES string of the molecule is CCCCCCCCCCOC(=O)CSCc1cc(C)c(O)c(C)c1. The fourth-order valence-corrected chi connectivity index (χ4v) is 3.60. The molecule has 4 heteroatoms. The Morgan fingerprint density at radius 3 is 2.16 bits per heavy atom. The maximum Gasteiger partial charge on any atom is 0.315 e. The number of esters is 1. The summed E-state index contributed by atoms with van der Waals surface area (Å²) in [5.74, 6) is 1.38. The second kappa shape index (κ2) is 13.1. The van der Waals surface area contributed by atoms with Crippen LogP contribution in [0.2, 0.25) is 0 Å². The van der Waals surface area contributed by atoms with Crippen LogP contribution in [-0.2, 0) is 15.3 Å². The molecular formula is C21H34O3S. The van der Waals surface area contributed by atoms with Crippen molar-refractivity contribution in [3.63, 3.8) is 0 Å². The summed E-state index contributed by atoms with van der Waals surface area (Å²) in [5.41, 5.74) is 2.90. The highest BCUT2D eigenvalue weighted by atomic mass is 32.2. The van der Waals surface area contributed by atoms with E-state index >= 15 is 0 Å². The number of phenolic OH excluding ortho intramolecular Hbond substituents is 1. The van der Waals surface area contributed by atoms with E-state index in [2.05, 4.69) is 6.92 Å². The number of thioether (sulfide) groups is 1. The Hall–Kier alpha value is -1.16. The van der Waals surface area contributed by atoms with Crippen LogP contribution in [-0.4, -0.2) is 23.4 Å². The molecule has 0 unspecified atom stereocenters. The Morgan fingerprint density at radius 2 is 1.56 bits per heavy atom. The van der Waals surface area contributed by atoms with Crippen molar-refractivity contribution in [1.82, 2.24) is 0 Å². The van der Waals surface area contributed by atoms with Crippen LogP contribution in [0.1, 0.15) is 75.0 Å². The lowest BCUT2D eigenvalue weighted by Gasteiger charge is -2.08. The Labute approximate surface area is 157 Å². The number of benzene rings is 1. The van der Waals surface area contributed by atoms with E-state index in [-0.39, 0.29) is 5.97 Å². The number of hydrogen-bond acceptors (Lipinski definition) is 4. The van der Waals surface area contributed by atoms with Crippen LogP contribution in [0.5, 0.6) is 5.75 Å². The number of hydrogen-bond donors (Lipinski definition) is 1. The van der Waals surface area contributed by atoms with Crippen molar-refractivity contribution in [2.45, 2.75) is 77.9 Å². The van der Waals surface area contributed by atoms with Gasteiger partial charge in [-0.3, -0.25) is 4.79 Å². The molecule has 0 heterocycles. The second-order valence-corrected chi connectivity index (χ2v) is 7.75. The third-order valence-corrected chi connectivity index (χ3v) is 5.28. The summed E-state index contributed by atoms with van der Waals surface area (Å²) in [7, 11) is 0. The maximum absolute atomic E-state index is 11.7. The minimum Gasteiger partial charge on any atom is -0.507 e. The van der Waals surface area contributed by atoms with Crippen molar-refractivity contribution in [2.75, 3.05) is 12.4 Å². The fourth-order valence-electron chi connectivity index (χ4n) is 2.84. The number of carbonyl (C=O) groups excluding carboxylic acids is 1. The molecule has 0 aliphatic carbocycles. The normalized spacial score (nSPS) is 10.8. The number of aryl methyl sites for hydroxylation is 2. The van der Waals surface area contributed by atoms with E-state index in [1.54, 1.807) is 11.8 Å². The van der Waals surface area contributed by atoms with E-state index in [1.807, 2.05) is 26.0 Å². The van der Waals surface area contributed by atoms with Gasteiger partial charge in [-0.25, -0.2) is 0 Å². The Balaban J connectivity index is 2.04. The van der Waals surface area contributed by atoms with Crippen molar-refractivity contribution >= 4 is 17.7 Å². The van der Waals surface area contributed by atoms with Gasteiger partial charge in [0.1, 0.15) is 5.75 Å². The average molecular weight is 367 g/mol.